The monoisotopic (exact) mass is 480 g/mol. The van der Waals surface area contributed by atoms with Gasteiger partial charge in [-0.2, -0.15) is 8.78 Å². The van der Waals surface area contributed by atoms with E-state index >= 15 is 0 Å². The summed E-state index contributed by atoms with van der Waals surface area (Å²) in [7, 11) is -9.26. The van der Waals surface area contributed by atoms with Crippen molar-refractivity contribution >= 4 is 39.4 Å². The van der Waals surface area contributed by atoms with Gasteiger partial charge in [0.2, 0.25) is 0 Å². The summed E-state index contributed by atoms with van der Waals surface area (Å²) in [4.78, 5) is 17.6. The number of alkyl halides is 2. The first-order valence-corrected chi connectivity index (χ1v) is 11.8. The number of benzene rings is 2. The predicted molar refractivity (Wildman–Crippen MR) is 103 cm³/mol. The summed E-state index contributed by atoms with van der Waals surface area (Å²) in [5.74, 6) is -0.633. The lowest BCUT2D eigenvalue weighted by molar-refractivity contribution is 0.0557. The Hall–Kier alpha value is -1.38. The molecule has 2 rings (SSSR count). The molecule has 0 bridgehead atoms. The van der Waals surface area contributed by atoms with Gasteiger partial charge in [-0.1, -0.05) is 70.5 Å². The minimum Gasteiger partial charge on any atom is -0.320 e. The molecule has 2 aromatic rings. The summed E-state index contributed by atoms with van der Waals surface area (Å²) < 4.78 is 62.7. The predicted octanol–water partition coefficient (Wildman–Crippen LogP) is 4.30. The van der Waals surface area contributed by atoms with Crippen molar-refractivity contribution < 1.29 is 31.6 Å². The van der Waals surface area contributed by atoms with E-state index in [-0.39, 0.29) is 15.8 Å². The third-order valence-electron chi connectivity index (χ3n) is 3.57. The Labute approximate surface area is 163 Å². The number of hydrogen-bond acceptors (Lipinski definition) is 3. The van der Waals surface area contributed by atoms with Crippen molar-refractivity contribution in [2.45, 2.75) is 11.4 Å². The highest BCUT2D eigenvalue weighted by atomic mass is 79.9. The standard InChI is InChI=1S/C17H16BrF2O5PS/c18-16-11-14(8-9-15(16)17(19,20)26(21,22)23)12-27(24,25)10-4-7-13-5-2-1-3-6-13/h1-9,11H,10,12H2,(H2,21,22,23)/b7-4+. The zero-order valence-electron chi connectivity index (χ0n) is 13.8. The van der Waals surface area contributed by atoms with Crippen LogP contribution in [0.2, 0.25) is 0 Å². The minimum atomic E-state index is -5.71. The smallest absolute Gasteiger partial charge is 0.320 e. The van der Waals surface area contributed by atoms with Crippen LogP contribution < -0.4 is 0 Å². The van der Waals surface area contributed by atoms with Crippen LogP contribution in [0.3, 0.4) is 0 Å². The van der Waals surface area contributed by atoms with Gasteiger partial charge < -0.3 is 9.79 Å². The molecule has 0 aliphatic heterocycles. The lowest BCUT2D eigenvalue weighted by Gasteiger charge is -2.19. The Morgan fingerprint density at radius 3 is 2.30 bits per heavy atom. The molecule has 0 aliphatic rings. The third kappa shape index (κ3) is 5.80. The van der Waals surface area contributed by atoms with Gasteiger partial charge in [-0.05, 0) is 17.2 Å². The van der Waals surface area contributed by atoms with Crippen LogP contribution in [0.25, 0.3) is 6.08 Å². The van der Waals surface area contributed by atoms with Crippen LogP contribution in [-0.4, -0.2) is 24.0 Å². The largest absolute Gasteiger partial charge is 0.399 e. The Kier molecular flexibility index (Phi) is 6.76. The van der Waals surface area contributed by atoms with E-state index in [0.717, 1.165) is 23.8 Å². The number of sulfone groups is 1. The molecule has 2 N–H and O–H groups in total. The molecular weight excluding hydrogens is 465 g/mol. The van der Waals surface area contributed by atoms with Gasteiger partial charge in [-0.3, -0.25) is 4.57 Å². The molecule has 0 fully saturated rings. The average molecular weight is 481 g/mol. The highest BCUT2D eigenvalue weighted by molar-refractivity contribution is 9.10. The molecule has 27 heavy (non-hydrogen) atoms. The van der Waals surface area contributed by atoms with Crippen LogP contribution >= 0.6 is 23.5 Å². The van der Waals surface area contributed by atoms with Crippen molar-refractivity contribution in [2.75, 3.05) is 5.75 Å². The van der Waals surface area contributed by atoms with E-state index in [1.54, 1.807) is 6.08 Å². The zero-order valence-corrected chi connectivity index (χ0v) is 17.1. The Morgan fingerprint density at radius 1 is 1.11 bits per heavy atom. The fourth-order valence-corrected chi connectivity index (χ4v) is 4.79. The van der Waals surface area contributed by atoms with Gasteiger partial charge >= 0.3 is 13.3 Å². The van der Waals surface area contributed by atoms with E-state index in [2.05, 4.69) is 15.9 Å². The van der Waals surface area contributed by atoms with Gasteiger partial charge in [0.1, 0.15) is 0 Å². The zero-order chi connectivity index (χ0) is 20.3. The molecule has 0 saturated carbocycles. The van der Waals surface area contributed by atoms with Crippen molar-refractivity contribution in [3.05, 3.63) is 75.8 Å². The van der Waals surface area contributed by atoms with Crippen molar-refractivity contribution in [1.82, 2.24) is 0 Å². The van der Waals surface area contributed by atoms with Crippen LogP contribution in [0.15, 0.2) is 59.1 Å². The number of halogens is 3. The lowest BCUT2D eigenvalue weighted by atomic mass is 10.1. The average Bonchev–Trinajstić information content (AvgIpc) is 2.54. The van der Waals surface area contributed by atoms with Crippen LogP contribution in [0.5, 0.6) is 0 Å². The van der Waals surface area contributed by atoms with Gasteiger partial charge in [-0.15, -0.1) is 0 Å². The van der Waals surface area contributed by atoms with Crippen LogP contribution in [0, 0.1) is 0 Å². The molecule has 2 aromatic carbocycles. The van der Waals surface area contributed by atoms with Gasteiger partial charge in [0, 0.05) is 10.0 Å². The molecule has 0 radical (unpaired) electrons. The maximum atomic E-state index is 13.8. The summed E-state index contributed by atoms with van der Waals surface area (Å²) in [5, 5.41) is 0. The first kappa shape index (κ1) is 21.9. The summed E-state index contributed by atoms with van der Waals surface area (Å²) in [6, 6.07) is 12.2. The summed E-state index contributed by atoms with van der Waals surface area (Å²) in [6.07, 6.45) is 3.16. The van der Waals surface area contributed by atoms with Gasteiger partial charge in [0.25, 0.3) is 0 Å². The SMILES string of the molecule is O=P(O)(O)C(F)(F)c1ccc(CS(=O)(=O)C/C=C/c2ccccc2)cc1Br. The molecular formula is C17H16BrF2O5PS. The first-order chi connectivity index (χ1) is 12.4. The van der Waals surface area contributed by atoms with Crippen LogP contribution in [0.4, 0.5) is 8.78 Å². The maximum absolute atomic E-state index is 13.8. The van der Waals surface area contributed by atoms with E-state index in [9.17, 15) is 21.8 Å². The number of hydrogen-bond donors (Lipinski definition) is 2. The van der Waals surface area contributed by atoms with E-state index in [4.69, 9.17) is 9.79 Å². The molecule has 0 aliphatic carbocycles. The molecule has 0 heterocycles. The highest BCUT2D eigenvalue weighted by Gasteiger charge is 2.51. The van der Waals surface area contributed by atoms with Crippen molar-refractivity contribution in [2.24, 2.45) is 0 Å². The second-order valence-corrected chi connectivity index (χ2v) is 10.4. The van der Waals surface area contributed by atoms with E-state index in [1.165, 1.54) is 6.08 Å². The number of rotatable bonds is 7. The van der Waals surface area contributed by atoms with E-state index in [0.29, 0.717) is 0 Å². The van der Waals surface area contributed by atoms with Crippen molar-refractivity contribution in [1.29, 1.82) is 0 Å². The van der Waals surface area contributed by atoms with Crippen molar-refractivity contribution in [3.63, 3.8) is 0 Å². The van der Waals surface area contributed by atoms with Gasteiger partial charge in [0.05, 0.1) is 11.5 Å². The second kappa shape index (κ2) is 8.32. The molecule has 0 spiro atoms. The Morgan fingerprint density at radius 2 is 1.74 bits per heavy atom. The first-order valence-electron chi connectivity index (χ1n) is 7.57. The van der Waals surface area contributed by atoms with Crippen LogP contribution in [-0.2, 0) is 25.8 Å². The molecule has 0 amide bonds. The summed E-state index contributed by atoms with van der Waals surface area (Å²) >= 11 is 2.83. The lowest BCUT2D eigenvalue weighted by Crippen LogP contribution is -2.15. The molecule has 5 nitrogen and oxygen atoms in total. The van der Waals surface area contributed by atoms with E-state index < -0.39 is 34.4 Å². The fourth-order valence-electron chi connectivity index (χ4n) is 2.26. The molecule has 0 saturated heterocycles. The fraction of sp³-hybridized carbons (Fsp3) is 0.176. The second-order valence-electron chi connectivity index (χ2n) is 5.77. The summed E-state index contributed by atoms with van der Waals surface area (Å²) in [5.41, 5.74) is -4.21. The molecule has 0 atom stereocenters. The van der Waals surface area contributed by atoms with Gasteiger partial charge in [-0.25, -0.2) is 8.42 Å². The maximum Gasteiger partial charge on any atom is 0.399 e. The normalized spacial score (nSPS) is 13.2. The quantitative estimate of drug-likeness (QED) is 0.576. The Bertz CT molecular complexity index is 988. The minimum absolute atomic E-state index is 0.222. The van der Waals surface area contributed by atoms with Gasteiger partial charge in [0.15, 0.2) is 9.84 Å². The topological polar surface area (TPSA) is 91.7 Å². The highest BCUT2D eigenvalue weighted by Crippen LogP contribution is 2.60. The molecule has 10 heteroatoms. The van der Waals surface area contributed by atoms with Crippen molar-refractivity contribution in [3.8, 4) is 0 Å². The Balaban J connectivity index is 2.14. The van der Waals surface area contributed by atoms with E-state index in [1.807, 2.05) is 30.3 Å². The molecule has 146 valence electrons. The molecule has 0 unspecified atom stereocenters. The third-order valence-corrected chi connectivity index (χ3v) is 6.67. The summed E-state index contributed by atoms with van der Waals surface area (Å²) in [6.45, 7) is 0. The molecule has 0 aromatic heterocycles. The van der Waals surface area contributed by atoms with Crippen LogP contribution in [0.1, 0.15) is 16.7 Å².